The van der Waals surface area contributed by atoms with Crippen LogP contribution in [-0.2, 0) is 13.8 Å². The molecule has 1 aromatic carbocycles. The molecule has 1 saturated heterocycles. The van der Waals surface area contributed by atoms with Gasteiger partial charge in [-0.1, -0.05) is 6.07 Å². The van der Waals surface area contributed by atoms with E-state index in [1.54, 1.807) is 18.1 Å². The van der Waals surface area contributed by atoms with Crippen molar-refractivity contribution in [3.63, 3.8) is 0 Å². The van der Waals surface area contributed by atoms with Crippen molar-refractivity contribution in [2.24, 2.45) is 0 Å². The third kappa shape index (κ3) is 3.26. The summed E-state index contributed by atoms with van der Waals surface area (Å²) in [5.41, 5.74) is 0.318. The predicted octanol–water partition coefficient (Wildman–Crippen LogP) is 1.48. The fourth-order valence-corrected chi connectivity index (χ4v) is 2.87. The van der Waals surface area contributed by atoms with Crippen molar-refractivity contribution in [1.82, 2.24) is 4.90 Å². The first-order valence-corrected chi connectivity index (χ1v) is 8.09. The van der Waals surface area contributed by atoms with E-state index in [0.29, 0.717) is 18.7 Å². The van der Waals surface area contributed by atoms with Crippen LogP contribution in [0.3, 0.4) is 0 Å². The topological polar surface area (TPSA) is 63.7 Å². The summed E-state index contributed by atoms with van der Waals surface area (Å²) < 4.78 is 27.7. The van der Waals surface area contributed by atoms with E-state index in [2.05, 4.69) is 0 Å². The molecule has 1 aliphatic heterocycles. The number of nitrogens with zero attached hydrogens (tertiary/aromatic N) is 1. The Morgan fingerprint density at radius 2 is 2.21 bits per heavy atom. The molecule has 7 heteroatoms. The highest BCUT2D eigenvalue weighted by Gasteiger charge is 2.27. The first kappa shape index (κ1) is 14.3. The van der Waals surface area contributed by atoms with Gasteiger partial charge in [-0.15, -0.1) is 0 Å². The van der Waals surface area contributed by atoms with Gasteiger partial charge in [0.1, 0.15) is 0 Å². The molecule has 0 bridgehead atoms. The molecule has 1 atom stereocenters. The maximum atomic E-state index is 12.2. The average Bonchev–Trinajstić information content (AvgIpc) is 2.86. The predicted molar refractivity (Wildman–Crippen MR) is 70.8 cm³/mol. The second-order valence-electron chi connectivity index (χ2n) is 4.36. The number of amides is 1. The summed E-state index contributed by atoms with van der Waals surface area (Å²) in [6.45, 7) is 1.13. The molecule has 19 heavy (non-hydrogen) atoms. The van der Waals surface area contributed by atoms with E-state index in [1.165, 1.54) is 18.2 Å². The van der Waals surface area contributed by atoms with Gasteiger partial charge in [0.25, 0.3) is 15.0 Å². The summed E-state index contributed by atoms with van der Waals surface area (Å²) in [6.07, 6.45) is 0.833. The molecule has 2 rings (SSSR count). The number of rotatable bonds is 3. The summed E-state index contributed by atoms with van der Waals surface area (Å²) in [6, 6.07) is 5.74. The van der Waals surface area contributed by atoms with Gasteiger partial charge in [-0.3, -0.25) is 4.79 Å². The molecule has 1 fully saturated rings. The Morgan fingerprint density at radius 1 is 1.47 bits per heavy atom. The van der Waals surface area contributed by atoms with Crippen molar-refractivity contribution < 1.29 is 17.9 Å². The largest absolute Gasteiger partial charge is 0.380 e. The van der Waals surface area contributed by atoms with Crippen LogP contribution in [0.25, 0.3) is 0 Å². The number of likely N-dealkylation sites (tertiary alicyclic amines) is 1. The van der Waals surface area contributed by atoms with Gasteiger partial charge in [0.15, 0.2) is 0 Å². The second-order valence-corrected chi connectivity index (χ2v) is 6.93. The van der Waals surface area contributed by atoms with Gasteiger partial charge in [-0.2, -0.15) is 0 Å². The first-order valence-electron chi connectivity index (χ1n) is 5.78. The zero-order valence-corrected chi connectivity index (χ0v) is 11.9. The molecular weight excluding hydrogens is 290 g/mol. The van der Waals surface area contributed by atoms with Crippen LogP contribution in [0, 0.1) is 0 Å². The van der Waals surface area contributed by atoms with Crippen molar-refractivity contribution >= 4 is 25.6 Å². The highest BCUT2D eigenvalue weighted by atomic mass is 35.7. The normalized spacial score (nSPS) is 19.7. The monoisotopic (exact) mass is 303 g/mol. The fourth-order valence-electron chi connectivity index (χ4n) is 2.07. The van der Waals surface area contributed by atoms with E-state index in [1.807, 2.05) is 0 Å². The lowest BCUT2D eigenvalue weighted by Crippen LogP contribution is -2.30. The minimum Gasteiger partial charge on any atom is -0.380 e. The van der Waals surface area contributed by atoms with Crippen molar-refractivity contribution in [3.8, 4) is 0 Å². The van der Waals surface area contributed by atoms with E-state index in [9.17, 15) is 13.2 Å². The van der Waals surface area contributed by atoms with Crippen LogP contribution in [0.15, 0.2) is 29.2 Å². The Labute approximate surface area is 116 Å². The Morgan fingerprint density at radius 3 is 2.79 bits per heavy atom. The number of carbonyl (C=O) groups is 1. The molecule has 1 unspecified atom stereocenters. The molecule has 0 N–H and O–H groups in total. The maximum Gasteiger partial charge on any atom is 0.261 e. The molecule has 0 saturated carbocycles. The first-order chi connectivity index (χ1) is 8.91. The Hall–Kier alpha value is -1.11. The zero-order chi connectivity index (χ0) is 14.0. The molecule has 104 valence electrons. The number of ether oxygens (including phenoxy) is 1. The third-order valence-electron chi connectivity index (χ3n) is 3.13. The zero-order valence-electron chi connectivity index (χ0n) is 10.4. The molecule has 1 aromatic rings. The quantitative estimate of drug-likeness (QED) is 0.793. The smallest absolute Gasteiger partial charge is 0.261 e. The molecule has 0 aliphatic carbocycles. The van der Waals surface area contributed by atoms with Crippen molar-refractivity contribution in [1.29, 1.82) is 0 Å². The molecule has 1 heterocycles. The summed E-state index contributed by atoms with van der Waals surface area (Å²) in [5.74, 6) is -0.207. The van der Waals surface area contributed by atoms with E-state index in [0.717, 1.165) is 6.42 Å². The van der Waals surface area contributed by atoms with Gasteiger partial charge in [0.2, 0.25) is 0 Å². The lowest BCUT2D eigenvalue weighted by Gasteiger charge is -2.16. The molecule has 0 spiro atoms. The number of methoxy groups -OCH3 is 1. The Bertz CT molecular complexity index is 587. The minimum atomic E-state index is -3.82. The van der Waals surface area contributed by atoms with Crippen LogP contribution in [0.1, 0.15) is 16.8 Å². The van der Waals surface area contributed by atoms with Gasteiger partial charge < -0.3 is 9.64 Å². The van der Waals surface area contributed by atoms with Crippen LogP contribution in [0.4, 0.5) is 0 Å². The summed E-state index contributed by atoms with van der Waals surface area (Å²) in [4.78, 5) is 13.8. The van der Waals surface area contributed by atoms with E-state index in [-0.39, 0.29) is 16.9 Å². The van der Waals surface area contributed by atoms with Gasteiger partial charge in [0, 0.05) is 36.4 Å². The molecule has 0 radical (unpaired) electrons. The third-order valence-corrected chi connectivity index (χ3v) is 4.48. The Kier molecular flexibility index (Phi) is 4.13. The summed E-state index contributed by atoms with van der Waals surface area (Å²) >= 11 is 0. The van der Waals surface area contributed by atoms with Gasteiger partial charge in [-0.25, -0.2) is 8.42 Å². The molecule has 1 aliphatic rings. The van der Waals surface area contributed by atoms with Crippen molar-refractivity contribution in [3.05, 3.63) is 29.8 Å². The van der Waals surface area contributed by atoms with Crippen LogP contribution in [-0.4, -0.2) is 45.5 Å². The molecule has 1 amide bonds. The van der Waals surface area contributed by atoms with Crippen LogP contribution in [0.2, 0.25) is 0 Å². The molecule has 5 nitrogen and oxygen atoms in total. The fraction of sp³-hybridized carbons (Fsp3) is 0.417. The second kappa shape index (κ2) is 5.48. The lowest BCUT2D eigenvalue weighted by atomic mass is 10.2. The molecule has 0 aromatic heterocycles. The lowest BCUT2D eigenvalue weighted by molar-refractivity contribution is 0.0724. The number of hydrogen-bond donors (Lipinski definition) is 0. The van der Waals surface area contributed by atoms with Crippen molar-refractivity contribution in [2.45, 2.75) is 17.4 Å². The highest BCUT2D eigenvalue weighted by molar-refractivity contribution is 8.13. The van der Waals surface area contributed by atoms with Crippen LogP contribution in [0.5, 0.6) is 0 Å². The van der Waals surface area contributed by atoms with E-state index in [4.69, 9.17) is 15.4 Å². The number of carbonyl (C=O) groups excluding carboxylic acids is 1. The number of hydrogen-bond acceptors (Lipinski definition) is 4. The van der Waals surface area contributed by atoms with Gasteiger partial charge >= 0.3 is 0 Å². The Balaban J connectivity index is 2.21. The number of halogens is 1. The van der Waals surface area contributed by atoms with Gasteiger partial charge in [-0.05, 0) is 24.6 Å². The number of benzene rings is 1. The molecular formula is C12H14ClNO4S. The summed E-state index contributed by atoms with van der Waals surface area (Å²) in [7, 11) is 3.06. The highest BCUT2D eigenvalue weighted by Crippen LogP contribution is 2.19. The van der Waals surface area contributed by atoms with Crippen molar-refractivity contribution in [2.75, 3.05) is 20.2 Å². The summed E-state index contributed by atoms with van der Waals surface area (Å²) in [5, 5.41) is 0. The van der Waals surface area contributed by atoms with E-state index < -0.39 is 9.05 Å². The van der Waals surface area contributed by atoms with Gasteiger partial charge in [0.05, 0.1) is 11.0 Å². The standard InChI is InChI=1S/C12H14ClNO4S/c1-18-10-5-6-14(8-10)12(15)9-3-2-4-11(7-9)19(13,16)17/h2-4,7,10H,5-6,8H2,1H3. The van der Waals surface area contributed by atoms with Crippen LogP contribution >= 0.6 is 10.7 Å². The maximum absolute atomic E-state index is 12.2. The average molecular weight is 304 g/mol. The van der Waals surface area contributed by atoms with Crippen LogP contribution < -0.4 is 0 Å². The minimum absolute atomic E-state index is 0.0453. The van der Waals surface area contributed by atoms with E-state index >= 15 is 0 Å². The SMILES string of the molecule is COC1CCN(C(=O)c2cccc(S(=O)(=O)Cl)c2)C1.